The van der Waals surface area contributed by atoms with Crippen LogP contribution in [-0.2, 0) is 11.3 Å². The minimum Gasteiger partial charge on any atom is -0.350 e. The van der Waals surface area contributed by atoms with Gasteiger partial charge in [0.25, 0.3) is 0 Å². The van der Waals surface area contributed by atoms with Crippen molar-refractivity contribution in [3.63, 3.8) is 0 Å². The highest BCUT2D eigenvalue weighted by molar-refractivity contribution is 7.07. The highest BCUT2D eigenvalue weighted by Gasteiger charge is 2.30. The number of carbonyl (C=O) groups is 2. The summed E-state index contributed by atoms with van der Waals surface area (Å²) in [5, 5.41) is 7.37. The number of carbonyl (C=O) groups excluding carboxylic acids is 2. The maximum atomic E-state index is 12.4. The molecule has 0 radical (unpaired) electrons. The average molecular weight is 350 g/mol. The van der Waals surface area contributed by atoms with E-state index in [0.717, 1.165) is 11.3 Å². The molecule has 0 atom stereocenters. The number of thiophene rings is 1. The van der Waals surface area contributed by atoms with Crippen molar-refractivity contribution in [2.75, 3.05) is 24.5 Å². The third-order valence-electron chi connectivity index (χ3n) is 3.62. The molecule has 7 heteroatoms. The fourth-order valence-electron chi connectivity index (χ4n) is 2.44. The molecular weight excluding hydrogens is 334 g/mol. The van der Waals surface area contributed by atoms with Gasteiger partial charge in [-0.2, -0.15) is 11.3 Å². The number of rotatable bonds is 5. The lowest BCUT2D eigenvalue weighted by Crippen LogP contribution is -2.39. The minimum absolute atomic E-state index is 0.0695. The lowest BCUT2D eigenvalue weighted by Gasteiger charge is -2.18. The average Bonchev–Trinajstić information content (AvgIpc) is 3.16. The number of nitrogens with zero attached hydrogens (tertiary/aromatic N) is 2. The predicted molar refractivity (Wildman–Crippen MR) is 91.9 cm³/mol. The standard InChI is InChI=1S/C16H16ClN3O2S/c17-13-2-1-3-14(8-13)20-6-5-19(16(20)22)10-15(21)18-9-12-4-7-23-11-12/h1-4,7-8,11H,5-6,9-10H2,(H,18,21). The maximum Gasteiger partial charge on any atom is 0.325 e. The lowest BCUT2D eigenvalue weighted by molar-refractivity contribution is -0.121. The smallest absolute Gasteiger partial charge is 0.325 e. The van der Waals surface area contributed by atoms with Crippen LogP contribution in [0, 0.1) is 0 Å². The Morgan fingerprint density at radius 2 is 2.17 bits per heavy atom. The summed E-state index contributed by atoms with van der Waals surface area (Å²) in [5.41, 5.74) is 1.82. The SMILES string of the molecule is O=C(CN1CCN(c2cccc(Cl)c2)C1=O)NCc1ccsc1. The molecule has 3 amide bonds. The number of nitrogens with one attached hydrogen (secondary N) is 1. The highest BCUT2D eigenvalue weighted by Crippen LogP contribution is 2.23. The Bertz CT molecular complexity index is 705. The molecule has 1 saturated heterocycles. The summed E-state index contributed by atoms with van der Waals surface area (Å²) < 4.78 is 0. The molecule has 1 aromatic carbocycles. The van der Waals surface area contributed by atoms with Crippen LogP contribution in [-0.4, -0.2) is 36.5 Å². The number of urea groups is 1. The van der Waals surface area contributed by atoms with Crippen molar-refractivity contribution in [2.24, 2.45) is 0 Å². The molecule has 2 heterocycles. The number of benzene rings is 1. The summed E-state index contributed by atoms with van der Waals surface area (Å²) in [4.78, 5) is 27.6. The molecule has 5 nitrogen and oxygen atoms in total. The van der Waals surface area contributed by atoms with Crippen LogP contribution in [0.1, 0.15) is 5.56 Å². The van der Waals surface area contributed by atoms with Crippen LogP contribution in [0.2, 0.25) is 5.02 Å². The van der Waals surface area contributed by atoms with E-state index in [1.807, 2.05) is 22.9 Å². The van der Waals surface area contributed by atoms with Gasteiger partial charge in [0.15, 0.2) is 0 Å². The Hall–Kier alpha value is -2.05. The van der Waals surface area contributed by atoms with E-state index in [1.165, 1.54) is 0 Å². The van der Waals surface area contributed by atoms with Gasteiger partial charge in [-0.3, -0.25) is 9.69 Å². The van der Waals surface area contributed by atoms with Gasteiger partial charge in [0.2, 0.25) is 5.91 Å². The molecule has 23 heavy (non-hydrogen) atoms. The first-order valence-corrected chi connectivity index (χ1v) is 8.55. The Morgan fingerprint density at radius 1 is 1.30 bits per heavy atom. The summed E-state index contributed by atoms with van der Waals surface area (Å²) in [6.45, 7) is 1.64. The zero-order chi connectivity index (χ0) is 16.2. The number of amides is 3. The van der Waals surface area contributed by atoms with Gasteiger partial charge < -0.3 is 10.2 Å². The molecule has 0 spiro atoms. The first-order valence-electron chi connectivity index (χ1n) is 7.23. The molecular formula is C16H16ClN3O2S. The third kappa shape index (κ3) is 3.83. The number of anilines is 1. The van der Waals surface area contributed by atoms with E-state index in [4.69, 9.17) is 11.6 Å². The van der Waals surface area contributed by atoms with Gasteiger partial charge in [0, 0.05) is 30.3 Å². The summed E-state index contributed by atoms with van der Waals surface area (Å²) in [6, 6.07) is 8.96. The highest BCUT2D eigenvalue weighted by atomic mass is 35.5. The number of halogens is 1. The summed E-state index contributed by atoms with van der Waals surface area (Å²) in [5.74, 6) is -0.155. The van der Waals surface area contributed by atoms with Gasteiger partial charge in [0.05, 0.1) is 0 Å². The summed E-state index contributed by atoms with van der Waals surface area (Å²) in [7, 11) is 0. The second-order valence-electron chi connectivity index (χ2n) is 5.24. The zero-order valence-electron chi connectivity index (χ0n) is 12.4. The van der Waals surface area contributed by atoms with Crippen LogP contribution in [0.5, 0.6) is 0 Å². The van der Waals surface area contributed by atoms with Gasteiger partial charge >= 0.3 is 6.03 Å². The van der Waals surface area contributed by atoms with Crippen molar-refractivity contribution < 1.29 is 9.59 Å². The Labute approximate surface area is 143 Å². The van der Waals surface area contributed by atoms with Crippen LogP contribution < -0.4 is 10.2 Å². The van der Waals surface area contributed by atoms with Crippen molar-refractivity contribution in [1.82, 2.24) is 10.2 Å². The topological polar surface area (TPSA) is 52.7 Å². The second-order valence-corrected chi connectivity index (χ2v) is 6.46. The van der Waals surface area contributed by atoms with Gasteiger partial charge in [-0.15, -0.1) is 0 Å². The van der Waals surface area contributed by atoms with E-state index in [-0.39, 0.29) is 18.5 Å². The minimum atomic E-state index is -0.169. The van der Waals surface area contributed by atoms with Gasteiger partial charge in [0.1, 0.15) is 6.54 Å². The molecule has 1 N–H and O–H groups in total. The Morgan fingerprint density at radius 3 is 2.91 bits per heavy atom. The largest absolute Gasteiger partial charge is 0.350 e. The molecule has 1 aliphatic heterocycles. The van der Waals surface area contributed by atoms with E-state index >= 15 is 0 Å². The Kier molecular flexibility index (Phi) is 4.83. The van der Waals surface area contributed by atoms with Crippen molar-refractivity contribution in [3.8, 4) is 0 Å². The monoisotopic (exact) mass is 349 g/mol. The first-order chi connectivity index (χ1) is 11.1. The van der Waals surface area contributed by atoms with Crippen LogP contribution in [0.25, 0.3) is 0 Å². The second kappa shape index (κ2) is 7.02. The normalized spacial score (nSPS) is 14.4. The van der Waals surface area contributed by atoms with E-state index in [2.05, 4.69) is 5.32 Å². The molecule has 1 aliphatic rings. The molecule has 0 unspecified atom stereocenters. The van der Waals surface area contributed by atoms with Crippen LogP contribution in [0.4, 0.5) is 10.5 Å². The Balaban J connectivity index is 1.55. The van der Waals surface area contributed by atoms with Crippen molar-refractivity contribution in [3.05, 3.63) is 51.7 Å². The number of hydrogen-bond acceptors (Lipinski definition) is 3. The van der Waals surface area contributed by atoms with Gasteiger partial charge in [-0.25, -0.2) is 4.79 Å². The van der Waals surface area contributed by atoms with Crippen molar-refractivity contribution >= 4 is 40.6 Å². The summed E-state index contributed by atoms with van der Waals surface area (Å²) >= 11 is 7.56. The molecule has 2 aromatic rings. The third-order valence-corrected chi connectivity index (χ3v) is 4.59. The first kappa shape index (κ1) is 15.8. The van der Waals surface area contributed by atoms with Crippen LogP contribution in [0.15, 0.2) is 41.1 Å². The summed E-state index contributed by atoms with van der Waals surface area (Å²) in [6.07, 6.45) is 0. The molecule has 120 valence electrons. The fourth-order valence-corrected chi connectivity index (χ4v) is 3.29. The molecule has 3 rings (SSSR count). The molecule has 0 aliphatic carbocycles. The quantitative estimate of drug-likeness (QED) is 0.902. The van der Waals surface area contributed by atoms with Crippen molar-refractivity contribution in [1.29, 1.82) is 0 Å². The zero-order valence-corrected chi connectivity index (χ0v) is 13.9. The maximum absolute atomic E-state index is 12.4. The number of hydrogen-bond donors (Lipinski definition) is 1. The molecule has 1 aromatic heterocycles. The van der Waals surface area contributed by atoms with E-state index in [0.29, 0.717) is 24.7 Å². The van der Waals surface area contributed by atoms with Crippen LogP contribution in [0.3, 0.4) is 0 Å². The molecule has 0 bridgehead atoms. The lowest BCUT2D eigenvalue weighted by atomic mass is 10.3. The van der Waals surface area contributed by atoms with E-state index in [9.17, 15) is 9.59 Å². The molecule has 0 saturated carbocycles. The van der Waals surface area contributed by atoms with Crippen molar-refractivity contribution in [2.45, 2.75) is 6.54 Å². The van der Waals surface area contributed by atoms with Gasteiger partial charge in [-0.1, -0.05) is 17.7 Å². The van der Waals surface area contributed by atoms with Gasteiger partial charge in [-0.05, 0) is 40.6 Å². The predicted octanol–water partition coefficient (Wildman–Crippen LogP) is 2.96. The van der Waals surface area contributed by atoms with E-state index in [1.54, 1.807) is 39.3 Å². The van der Waals surface area contributed by atoms with Crippen LogP contribution >= 0.6 is 22.9 Å². The molecule has 1 fully saturated rings. The van der Waals surface area contributed by atoms with E-state index < -0.39 is 0 Å². The fraction of sp³-hybridized carbons (Fsp3) is 0.250.